The summed E-state index contributed by atoms with van der Waals surface area (Å²) < 4.78 is 0. The largest absolute Gasteiger partial charge is 0.507 e. The molecule has 1 fully saturated rings. The Labute approximate surface area is 212 Å². The molecule has 35 heavy (non-hydrogen) atoms. The van der Waals surface area contributed by atoms with Crippen LogP contribution in [0.4, 0.5) is 0 Å². The lowest BCUT2D eigenvalue weighted by Gasteiger charge is -2.29. The van der Waals surface area contributed by atoms with Crippen LogP contribution in [-0.4, -0.2) is 39.3 Å². The van der Waals surface area contributed by atoms with Crippen molar-refractivity contribution in [1.82, 2.24) is 4.90 Å². The van der Waals surface area contributed by atoms with E-state index in [2.05, 4.69) is 0 Å². The Bertz CT molecular complexity index is 1290. The molecular formula is C27H21Cl2NO5. The van der Waals surface area contributed by atoms with Gasteiger partial charge in [0.1, 0.15) is 5.76 Å². The molecule has 1 heterocycles. The summed E-state index contributed by atoms with van der Waals surface area (Å²) in [6.07, 6.45) is -0.239. The van der Waals surface area contributed by atoms with E-state index in [9.17, 15) is 24.6 Å². The Morgan fingerprint density at radius 1 is 0.857 bits per heavy atom. The normalized spacial score (nSPS) is 18.0. The van der Waals surface area contributed by atoms with E-state index in [1.54, 1.807) is 72.8 Å². The highest BCUT2D eigenvalue weighted by Crippen LogP contribution is 2.41. The first-order chi connectivity index (χ1) is 16.8. The second kappa shape index (κ2) is 10.3. The summed E-state index contributed by atoms with van der Waals surface area (Å²) >= 11 is 12.0. The zero-order valence-corrected chi connectivity index (χ0v) is 19.9. The second-order valence-electron chi connectivity index (χ2n) is 8.22. The maximum atomic E-state index is 13.2. The highest BCUT2D eigenvalue weighted by molar-refractivity contribution is 6.46. The van der Waals surface area contributed by atoms with Gasteiger partial charge in [0.25, 0.3) is 11.7 Å². The molecule has 1 aliphatic heterocycles. The molecule has 6 nitrogen and oxygen atoms in total. The predicted molar refractivity (Wildman–Crippen MR) is 133 cm³/mol. The summed E-state index contributed by atoms with van der Waals surface area (Å²) in [6, 6.07) is 20.9. The maximum Gasteiger partial charge on any atom is 0.304 e. The van der Waals surface area contributed by atoms with Crippen molar-refractivity contribution in [3.05, 3.63) is 111 Å². The van der Waals surface area contributed by atoms with Crippen LogP contribution in [-0.2, 0) is 14.4 Å². The van der Waals surface area contributed by atoms with E-state index in [1.807, 2.05) is 6.07 Å². The van der Waals surface area contributed by atoms with Gasteiger partial charge >= 0.3 is 5.97 Å². The summed E-state index contributed by atoms with van der Waals surface area (Å²) in [5.74, 6) is -3.60. The van der Waals surface area contributed by atoms with Crippen molar-refractivity contribution in [3.8, 4) is 0 Å². The predicted octanol–water partition coefficient (Wildman–Crippen LogP) is 5.67. The minimum Gasteiger partial charge on any atom is -0.507 e. The third kappa shape index (κ3) is 5.24. The summed E-state index contributed by atoms with van der Waals surface area (Å²) in [6.45, 7) is -0.0361. The summed E-state index contributed by atoms with van der Waals surface area (Å²) in [4.78, 5) is 39.4. The number of rotatable bonds is 7. The third-order valence-electron chi connectivity index (χ3n) is 5.95. The maximum absolute atomic E-state index is 13.2. The van der Waals surface area contributed by atoms with Gasteiger partial charge in [-0.15, -0.1) is 0 Å². The summed E-state index contributed by atoms with van der Waals surface area (Å²) in [7, 11) is 0. The average molecular weight is 510 g/mol. The molecule has 2 N–H and O–H groups in total. The van der Waals surface area contributed by atoms with Gasteiger partial charge in [0.2, 0.25) is 0 Å². The lowest BCUT2D eigenvalue weighted by Crippen LogP contribution is -2.34. The molecule has 8 heteroatoms. The number of carboxylic acid groups (broad SMARTS) is 1. The Kier molecular flexibility index (Phi) is 7.24. The van der Waals surface area contributed by atoms with Crippen LogP contribution in [0.1, 0.15) is 35.1 Å². The van der Waals surface area contributed by atoms with Crippen molar-refractivity contribution in [2.24, 2.45) is 0 Å². The number of halogens is 2. The van der Waals surface area contributed by atoms with Crippen LogP contribution in [0.25, 0.3) is 5.76 Å². The number of amides is 1. The summed E-state index contributed by atoms with van der Waals surface area (Å²) in [5.41, 5.74) is 1.54. The number of carboxylic acids is 1. The lowest BCUT2D eigenvalue weighted by molar-refractivity contribution is -0.141. The zero-order valence-electron chi connectivity index (χ0n) is 18.4. The molecule has 178 valence electrons. The quantitative estimate of drug-likeness (QED) is 0.243. The van der Waals surface area contributed by atoms with E-state index in [4.69, 9.17) is 23.2 Å². The Balaban J connectivity index is 1.83. The van der Waals surface area contributed by atoms with Crippen molar-refractivity contribution in [2.75, 3.05) is 6.54 Å². The highest BCUT2D eigenvalue weighted by atomic mass is 35.5. The Morgan fingerprint density at radius 2 is 1.43 bits per heavy atom. The van der Waals surface area contributed by atoms with Gasteiger partial charge in [0.15, 0.2) is 0 Å². The molecule has 2 atom stereocenters. The van der Waals surface area contributed by atoms with E-state index >= 15 is 0 Å². The first-order valence-electron chi connectivity index (χ1n) is 10.8. The van der Waals surface area contributed by atoms with Crippen molar-refractivity contribution in [2.45, 2.75) is 18.4 Å². The van der Waals surface area contributed by atoms with Crippen molar-refractivity contribution < 1.29 is 24.6 Å². The van der Waals surface area contributed by atoms with Gasteiger partial charge in [-0.05, 0) is 47.5 Å². The van der Waals surface area contributed by atoms with Crippen molar-refractivity contribution in [3.63, 3.8) is 0 Å². The third-order valence-corrected chi connectivity index (χ3v) is 6.46. The van der Waals surface area contributed by atoms with Crippen LogP contribution in [0, 0.1) is 0 Å². The van der Waals surface area contributed by atoms with E-state index in [0.29, 0.717) is 21.2 Å². The van der Waals surface area contributed by atoms with Gasteiger partial charge in [-0.25, -0.2) is 0 Å². The molecule has 4 rings (SSSR count). The Morgan fingerprint density at radius 3 is 2.00 bits per heavy atom. The number of hydrogen-bond donors (Lipinski definition) is 2. The van der Waals surface area contributed by atoms with Crippen molar-refractivity contribution in [1.29, 1.82) is 0 Å². The standard InChI is InChI=1S/C27H21Cl2NO5/c28-20-10-6-17(7-11-20)24-23(25(33)18-8-12-21(29)13-9-18)26(34)27(35)30(24)15-19(14-22(31)32)16-4-2-1-3-5-16/h1-13,19,24,33H,14-15H2,(H,31,32)/t19-,24-/m0/s1. The molecule has 0 radical (unpaired) electrons. The number of carbonyl (C=O) groups is 3. The fourth-order valence-electron chi connectivity index (χ4n) is 4.28. The molecule has 0 saturated carbocycles. The average Bonchev–Trinajstić information content (AvgIpc) is 3.09. The fraction of sp³-hybridized carbons (Fsp3) is 0.148. The van der Waals surface area contributed by atoms with E-state index in [1.165, 1.54) is 4.90 Å². The van der Waals surface area contributed by atoms with E-state index in [-0.39, 0.29) is 24.3 Å². The number of aliphatic hydroxyl groups is 1. The molecule has 1 aliphatic rings. The van der Waals surface area contributed by atoms with Crippen LogP contribution in [0.3, 0.4) is 0 Å². The molecule has 1 saturated heterocycles. The number of ketones is 1. The Hall–Kier alpha value is -3.61. The number of benzene rings is 3. The first kappa shape index (κ1) is 24.5. The van der Waals surface area contributed by atoms with Crippen LogP contribution in [0.2, 0.25) is 10.0 Å². The molecule has 0 bridgehead atoms. The van der Waals surface area contributed by atoms with Crippen LogP contribution >= 0.6 is 23.2 Å². The number of aliphatic hydroxyl groups excluding tert-OH is 1. The second-order valence-corrected chi connectivity index (χ2v) is 9.09. The number of Topliss-reactive ketones (excluding diaryl/α,β-unsaturated/α-hetero) is 1. The zero-order chi connectivity index (χ0) is 25.1. The minimum absolute atomic E-state index is 0.0361. The minimum atomic E-state index is -1.03. The van der Waals surface area contributed by atoms with Gasteiger partial charge in [-0.2, -0.15) is 0 Å². The van der Waals surface area contributed by atoms with Gasteiger partial charge in [-0.1, -0.05) is 65.7 Å². The molecule has 0 aromatic heterocycles. The number of hydrogen-bond acceptors (Lipinski definition) is 4. The molecule has 3 aromatic rings. The van der Waals surface area contributed by atoms with Gasteiger partial charge in [-0.3, -0.25) is 14.4 Å². The number of likely N-dealkylation sites (tertiary alicyclic amines) is 1. The molecule has 0 spiro atoms. The van der Waals surface area contributed by atoms with Gasteiger partial charge < -0.3 is 15.1 Å². The van der Waals surface area contributed by atoms with Crippen LogP contribution in [0.5, 0.6) is 0 Å². The molecule has 0 unspecified atom stereocenters. The smallest absolute Gasteiger partial charge is 0.304 e. The molecular weight excluding hydrogens is 489 g/mol. The summed E-state index contributed by atoms with van der Waals surface area (Å²) in [5, 5.41) is 21.6. The number of nitrogens with zero attached hydrogens (tertiary/aromatic N) is 1. The topological polar surface area (TPSA) is 94.9 Å². The molecule has 3 aromatic carbocycles. The lowest BCUT2D eigenvalue weighted by atomic mass is 9.92. The first-order valence-corrected chi connectivity index (χ1v) is 11.6. The monoisotopic (exact) mass is 509 g/mol. The van der Waals surface area contributed by atoms with Crippen LogP contribution < -0.4 is 0 Å². The molecule has 0 aliphatic carbocycles. The number of aliphatic carboxylic acids is 1. The fourth-order valence-corrected chi connectivity index (χ4v) is 4.54. The van der Waals surface area contributed by atoms with Gasteiger partial charge in [0, 0.05) is 28.1 Å². The van der Waals surface area contributed by atoms with E-state index < -0.39 is 29.6 Å². The highest BCUT2D eigenvalue weighted by Gasteiger charge is 2.46. The van der Waals surface area contributed by atoms with Crippen LogP contribution in [0.15, 0.2) is 84.4 Å². The van der Waals surface area contributed by atoms with Gasteiger partial charge in [0.05, 0.1) is 18.0 Å². The molecule has 1 amide bonds. The van der Waals surface area contributed by atoms with E-state index in [0.717, 1.165) is 5.56 Å². The number of carbonyl (C=O) groups excluding carboxylic acids is 2. The van der Waals surface area contributed by atoms with Crippen molar-refractivity contribution >= 4 is 46.6 Å². The SMILES string of the molecule is O=C(O)C[C@@H](CN1C(=O)C(=O)C(=C(O)c2ccc(Cl)cc2)[C@@H]1c1ccc(Cl)cc1)c1ccccc1.